The molecule has 0 aliphatic heterocycles. The van der Waals surface area contributed by atoms with Gasteiger partial charge in [0.25, 0.3) is 0 Å². The van der Waals surface area contributed by atoms with Crippen LogP contribution < -0.4 is 10.6 Å². The summed E-state index contributed by atoms with van der Waals surface area (Å²) in [4.78, 5) is 20.8. The number of hydrogen-bond acceptors (Lipinski definition) is 3. The molecular formula is C8H16N2O3. The van der Waals surface area contributed by atoms with E-state index in [-0.39, 0.29) is 11.8 Å². The fraction of sp³-hybridized carbons (Fsp3) is 0.750. The Morgan fingerprint density at radius 2 is 1.38 bits per heavy atom. The van der Waals surface area contributed by atoms with Crippen LogP contribution in [0.1, 0.15) is 13.8 Å². The highest BCUT2D eigenvalue weighted by atomic mass is 16.5. The van der Waals surface area contributed by atoms with Crippen molar-refractivity contribution in [2.24, 2.45) is 0 Å². The van der Waals surface area contributed by atoms with Crippen molar-refractivity contribution >= 4 is 11.8 Å². The fourth-order valence-corrected chi connectivity index (χ4v) is 0.701. The zero-order valence-corrected chi connectivity index (χ0v) is 8.05. The summed E-state index contributed by atoms with van der Waals surface area (Å²) in [7, 11) is 0. The molecule has 0 aliphatic carbocycles. The molecule has 0 heterocycles. The average Bonchev–Trinajstić information content (AvgIpc) is 2.01. The molecule has 0 radical (unpaired) electrons. The van der Waals surface area contributed by atoms with Crippen molar-refractivity contribution in [1.82, 2.24) is 10.6 Å². The maximum atomic E-state index is 10.4. The molecule has 76 valence electrons. The smallest absolute Gasteiger partial charge is 0.216 e. The van der Waals surface area contributed by atoms with E-state index in [1.165, 1.54) is 13.8 Å². The molecule has 5 nitrogen and oxygen atoms in total. The van der Waals surface area contributed by atoms with Crippen molar-refractivity contribution in [3.8, 4) is 0 Å². The van der Waals surface area contributed by atoms with Gasteiger partial charge in [-0.1, -0.05) is 0 Å². The molecule has 0 saturated carbocycles. The van der Waals surface area contributed by atoms with E-state index in [0.717, 1.165) is 0 Å². The van der Waals surface area contributed by atoms with E-state index < -0.39 is 0 Å². The maximum Gasteiger partial charge on any atom is 0.216 e. The van der Waals surface area contributed by atoms with E-state index in [4.69, 9.17) is 4.74 Å². The topological polar surface area (TPSA) is 67.4 Å². The summed E-state index contributed by atoms with van der Waals surface area (Å²) in [6.45, 7) is 4.87. The lowest BCUT2D eigenvalue weighted by Crippen LogP contribution is -2.27. The van der Waals surface area contributed by atoms with Gasteiger partial charge in [-0.15, -0.1) is 0 Å². The molecule has 13 heavy (non-hydrogen) atoms. The number of hydrogen-bond donors (Lipinski definition) is 2. The van der Waals surface area contributed by atoms with Gasteiger partial charge in [0.05, 0.1) is 13.2 Å². The molecule has 0 fully saturated rings. The van der Waals surface area contributed by atoms with Crippen LogP contribution in [-0.4, -0.2) is 38.1 Å². The molecule has 2 N–H and O–H groups in total. The summed E-state index contributed by atoms with van der Waals surface area (Å²) in [5.74, 6) is -0.129. The van der Waals surface area contributed by atoms with Gasteiger partial charge >= 0.3 is 0 Å². The van der Waals surface area contributed by atoms with E-state index in [1.807, 2.05) is 0 Å². The molecule has 0 aromatic heterocycles. The number of rotatable bonds is 6. The molecule has 0 bridgehead atoms. The predicted octanol–water partition coefficient (Wildman–Crippen LogP) is -0.725. The first-order valence-corrected chi connectivity index (χ1v) is 4.19. The van der Waals surface area contributed by atoms with Crippen LogP contribution in [0.25, 0.3) is 0 Å². The predicted molar refractivity (Wildman–Crippen MR) is 48.2 cm³/mol. The first-order valence-electron chi connectivity index (χ1n) is 4.19. The van der Waals surface area contributed by atoms with E-state index in [9.17, 15) is 9.59 Å². The summed E-state index contributed by atoms with van der Waals surface area (Å²) >= 11 is 0. The molecule has 0 aliphatic rings. The van der Waals surface area contributed by atoms with E-state index in [1.54, 1.807) is 0 Å². The zero-order chi connectivity index (χ0) is 10.1. The van der Waals surface area contributed by atoms with Crippen LogP contribution in [0.4, 0.5) is 0 Å². The molecule has 0 aromatic carbocycles. The largest absolute Gasteiger partial charge is 0.378 e. The zero-order valence-electron chi connectivity index (χ0n) is 8.05. The first-order chi connectivity index (χ1) is 6.13. The highest BCUT2D eigenvalue weighted by molar-refractivity contribution is 5.73. The maximum absolute atomic E-state index is 10.4. The van der Waals surface area contributed by atoms with E-state index in [2.05, 4.69) is 10.6 Å². The van der Waals surface area contributed by atoms with E-state index in [0.29, 0.717) is 26.3 Å². The minimum absolute atomic E-state index is 0.0644. The van der Waals surface area contributed by atoms with Crippen molar-refractivity contribution in [2.45, 2.75) is 13.8 Å². The SMILES string of the molecule is CC(=O)NCCOCCNC(C)=O. The van der Waals surface area contributed by atoms with Gasteiger partial charge in [-0.2, -0.15) is 0 Å². The number of carbonyl (C=O) groups excluding carboxylic acids is 2. The highest BCUT2D eigenvalue weighted by Crippen LogP contribution is 1.72. The van der Waals surface area contributed by atoms with Crippen molar-refractivity contribution < 1.29 is 14.3 Å². The lowest BCUT2D eigenvalue weighted by atomic mass is 10.6. The standard InChI is InChI=1S/C8H16N2O3/c1-7(11)9-3-5-13-6-4-10-8(2)12/h3-6H2,1-2H3,(H,9,11)(H,10,12). The minimum Gasteiger partial charge on any atom is -0.378 e. The molecule has 0 aromatic rings. The van der Waals surface area contributed by atoms with Gasteiger partial charge in [-0.25, -0.2) is 0 Å². The quantitative estimate of drug-likeness (QED) is 0.540. The van der Waals surface area contributed by atoms with Gasteiger partial charge in [0, 0.05) is 26.9 Å². The Balaban J connectivity index is 3.00. The molecule has 5 heteroatoms. The van der Waals surface area contributed by atoms with Gasteiger partial charge < -0.3 is 15.4 Å². The highest BCUT2D eigenvalue weighted by Gasteiger charge is 1.92. The third-order valence-electron chi connectivity index (χ3n) is 1.24. The fourth-order valence-electron chi connectivity index (χ4n) is 0.701. The number of amides is 2. The summed E-state index contributed by atoms with van der Waals surface area (Å²) < 4.78 is 5.10. The monoisotopic (exact) mass is 188 g/mol. The summed E-state index contributed by atoms with van der Waals surface area (Å²) in [5.41, 5.74) is 0. The van der Waals surface area contributed by atoms with Crippen molar-refractivity contribution in [3.05, 3.63) is 0 Å². The van der Waals surface area contributed by atoms with Crippen LogP contribution in [0.5, 0.6) is 0 Å². The average molecular weight is 188 g/mol. The molecule has 0 saturated heterocycles. The molecule has 0 unspecified atom stereocenters. The van der Waals surface area contributed by atoms with Crippen LogP contribution in [-0.2, 0) is 14.3 Å². The Kier molecular flexibility index (Phi) is 6.91. The van der Waals surface area contributed by atoms with Gasteiger partial charge in [0.15, 0.2) is 0 Å². The second kappa shape index (κ2) is 7.54. The van der Waals surface area contributed by atoms with Crippen molar-refractivity contribution in [2.75, 3.05) is 26.3 Å². The van der Waals surface area contributed by atoms with Crippen LogP contribution in [0, 0.1) is 0 Å². The van der Waals surface area contributed by atoms with Crippen LogP contribution in [0.3, 0.4) is 0 Å². The van der Waals surface area contributed by atoms with Crippen molar-refractivity contribution in [3.63, 3.8) is 0 Å². The van der Waals surface area contributed by atoms with Gasteiger partial charge in [-0.05, 0) is 0 Å². The Labute approximate surface area is 77.8 Å². The van der Waals surface area contributed by atoms with Crippen LogP contribution in [0.15, 0.2) is 0 Å². The number of ether oxygens (including phenoxy) is 1. The molecule has 0 rings (SSSR count). The molecular weight excluding hydrogens is 172 g/mol. The summed E-state index contributed by atoms with van der Waals surface area (Å²) in [5, 5.41) is 5.19. The van der Waals surface area contributed by atoms with Gasteiger partial charge in [0.2, 0.25) is 11.8 Å². The summed E-state index contributed by atoms with van der Waals surface area (Å²) in [6.07, 6.45) is 0. The van der Waals surface area contributed by atoms with Crippen LogP contribution >= 0.6 is 0 Å². The number of nitrogens with one attached hydrogen (secondary N) is 2. The Hall–Kier alpha value is -1.10. The van der Waals surface area contributed by atoms with E-state index >= 15 is 0 Å². The second-order valence-electron chi connectivity index (χ2n) is 2.58. The normalized spacial score (nSPS) is 9.38. The van der Waals surface area contributed by atoms with Gasteiger partial charge in [-0.3, -0.25) is 9.59 Å². The Morgan fingerprint density at radius 3 is 1.69 bits per heavy atom. The van der Waals surface area contributed by atoms with Crippen LogP contribution in [0.2, 0.25) is 0 Å². The first kappa shape index (κ1) is 11.9. The van der Waals surface area contributed by atoms with Crippen molar-refractivity contribution in [1.29, 1.82) is 0 Å². The molecule has 0 atom stereocenters. The summed E-state index contributed by atoms with van der Waals surface area (Å²) in [6, 6.07) is 0. The molecule has 0 spiro atoms. The third kappa shape index (κ3) is 10.9. The number of carbonyl (C=O) groups is 2. The third-order valence-corrected chi connectivity index (χ3v) is 1.24. The second-order valence-corrected chi connectivity index (χ2v) is 2.58. The lowest BCUT2D eigenvalue weighted by molar-refractivity contribution is -0.119. The minimum atomic E-state index is -0.0644. The Morgan fingerprint density at radius 1 is 1.00 bits per heavy atom. The lowest BCUT2D eigenvalue weighted by Gasteiger charge is -2.04. The van der Waals surface area contributed by atoms with Gasteiger partial charge in [0.1, 0.15) is 0 Å². The Bertz CT molecular complexity index is 153. The molecule has 2 amide bonds.